The normalized spacial score (nSPS) is 15.1. The number of nitrogens with zero attached hydrogens (tertiary/aromatic N) is 11. The topological polar surface area (TPSA) is 345 Å². The van der Waals surface area contributed by atoms with Crippen LogP contribution in [0, 0.1) is 32.1 Å². The summed E-state index contributed by atoms with van der Waals surface area (Å²) in [5.41, 5.74) is 13.4. The number of pyridine rings is 4. The Hall–Kier alpha value is -6.94. The number of nitrogens with one attached hydrogen (secondary N) is 1. The predicted molar refractivity (Wildman–Crippen MR) is 247 cm³/mol. The first-order chi connectivity index (χ1) is 31.7. The van der Waals surface area contributed by atoms with Crippen molar-refractivity contribution >= 4 is 70.6 Å². The van der Waals surface area contributed by atoms with Crippen LogP contribution in [0.3, 0.4) is 0 Å². The molecule has 5 N–H and O–H groups in total. The maximum Gasteiger partial charge on any atom is 0.319 e. The standard InChI is InChI=1S/C20H21N7O5S.C12H15BrN2O3S.C8H7N5O2/c1-33(31,32)25-8-5-13(6-9-25)19(28)14-2-3-17(23-10-14)26-12-15(11-24-26)16-4-7-22-20(21)18(16)27(29)30;1-19(17,18)15-6-4-9(5-7-15)12(16)10-2-3-11(13)14-8-10;9-8-7(13(14)15)6(1-2-10-8)5-3-11-12-4-5/h2-4,7,10-13H,5-6,8-9H2,1H3,(H2,21,22);2-3,8-9H,4-7H2,1H3;1-4H,(H2,9,10)(H,11,12). The molecule has 8 heterocycles. The van der Waals surface area contributed by atoms with Gasteiger partial charge < -0.3 is 11.5 Å². The number of aromatic amines is 1. The Morgan fingerprint density at radius 3 is 1.57 bits per heavy atom. The zero-order chi connectivity index (χ0) is 48.6. The second-order valence-corrected chi connectivity index (χ2v) is 20.0. The van der Waals surface area contributed by atoms with Crippen LogP contribution >= 0.6 is 15.9 Å². The summed E-state index contributed by atoms with van der Waals surface area (Å²) >= 11 is 3.22. The Kier molecular flexibility index (Phi) is 15.6. The molecule has 6 aromatic rings. The van der Waals surface area contributed by atoms with Gasteiger partial charge in [0.1, 0.15) is 4.60 Å². The number of hydrogen-bond donors (Lipinski definition) is 3. The van der Waals surface area contributed by atoms with Crippen molar-refractivity contribution in [1.29, 1.82) is 0 Å². The van der Waals surface area contributed by atoms with Crippen molar-refractivity contribution in [3.05, 3.63) is 122 Å². The molecular weight excluding hydrogens is 981 g/mol. The Labute approximate surface area is 391 Å². The molecule has 0 bridgehead atoms. The van der Waals surface area contributed by atoms with Gasteiger partial charge in [0.15, 0.2) is 17.4 Å². The van der Waals surface area contributed by atoms with Crippen molar-refractivity contribution in [2.75, 3.05) is 50.2 Å². The average molecular weight is 1020 g/mol. The van der Waals surface area contributed by atoms with Gasteiger partial charge in [0.25, 0.3) is 0 Å². The third-order valence-electron chi connectivity index (χ3n) is 10.8. The molecule has 0 atom stereocenters. The van der Waals surface area contributed by atoms with Crippen LogP contribution in [0.2, 0.25) is 0 Å². The molecule has 24 nitrogen and oxygen atoms in total. The summed E-state index contributed by atoms with van der Waals surface area (Å²) < 4.78 is 51.0. The second kappa shape index (κ2) is 21.1. The van der Waals surface area contributed by atoms with Crippen LogP contribution in [0.25, 0.3) is 28.1 Å². The van der Waals surface area contributed by atoms with E-state index >= 15 is 0 Å². The predicted octanol–water partition coefficient (Wildman–Crippen LogP) is 4.33. The van der Waals surface area contributed by atoms with Crippen molar-refractivity contribution < 1.29 is 36.3 Å². The van der Waals surface area contributed by atoms with E-state index in [-0.39, 0.29) is 52.0 Å². The van der Waals surface area contributed by atoms with E-state index in [1.54, 1.807) is 42.9 Å². The fraction of sp³-hybridized carbons (Fsp3) is 0.300. The number of aromatic nitrogens is 8. The highest BCUT2D eigenvalue weighted by molar-refractivity contribution is 9.10. The Morgan fingerprint density at radius 1 is 0.687 bits per heavy atom. The first-order valence-electron chi connectivity index (χ1n) is 20.1. The van der Waals surface area contributed by atoms with Gasteiger partial charge in [-0.05, 0) is 78.0 Å². The van der Waals surface area contributed by atoms with Crippen molar-refractivity contribution in [1.82, 2.24) is 48.5 Å². The maximum absolute atomic E-state index is 12.8. The first-order valence-corrected chi connectivity index (χ1v) is 24.6. The molecule has 8 rings (SSSR count). The van der Waals surface area contributed by atoms with E-state index in [4.69, 9.17) is 11.5 Å². The van der Waals surface area contributed by atoms with Crippen molar-refractivity contribution in [2.24, 2.45) is 11.8 Å². The first kappa shape index (κ1) is 49.5. The van der Waals surface area contributed by atoms with Gasteiger partial charge in [-0.25, -0.2) is 50.1 Å². The summed E-state index contributed by atoms with van der Waals surface area (Å²) in [4.78, 5) is 61.9. The Morgan fingerprint density at radius 2 is 1.16 bits per heavy atom. The number of carbonyl (C=O) groups is 2. The van der Waals surface area contributed by atoms with Crippen LogP contribution in [0.1, 0.15) is 46.4 Å². The lowest BCUT2D eigenvalue weighted by atomic mass is 9.90. The zero-order valence-electron chi connectivity index (χ0n) is 35.7. The fourth-order valence-electron chi connectivity index (χ4n) is 7.33. The number of nitro groups is 2. The molecular formula is C40H43BrN14O10S2. The molecule has 352 valence electrons. The summed E-state index contributed by atoms with van der Waals surface area (Å²) in [5.74, 6) is -0.258. The molecule has 0 aromatic carbocycles. The highest BCUT2D eigenvalue weighted by atomic mass is 79.9. The molecule has 0 aliphatic carbocycles. The minimum atomic E-state index is -3.25. The number of halogens is 1. The Balaban J connectivity index is 0.000000183. The maximum atomic E-state index is 12.8. The number of carbonyl (C=O) groups excluding carboxylic acids is 2. The van der Waals surface area contributed by atoms with Crippen LogP contribution in [0.5, 0.6) is 0 Å². The van der Waals surface area contributed by atoms with Gasteiger partial charge in [-0.3, -0.25) is 34.9 Å². The molecule has 0 amide bonds. The number of H-pyrrole nitrogens is 1. The van der Waals surface area contributed by atoms with E-state index in [2.05, 4.69) is 51.2 Å². The van der Waals surface area contributed by atoms with E-state index in [0.717, 1.165) is 0 Å². The SMILES string of the molecule is CS(=O)(=O)N1CCC(C(=O)c2ccc(-n3cc(-c4ccnc(N)c4[N+](=O)[O-])cn3)nc2)CC1.CS(=O)(=O)N1CCC(C(=O)c2ccc(Br)nc2)CC1.Nc1nccc(-c2cn[nH]c2)c1[N+](=O)[O-]. The number of rotatable bonds is 11. The number of nitrogen functional groups attached to an aromatic ring is 2. The summed E-state index contributed by atoms with van der Waals surface area (Å²) in [6.45, 7) is 1.48. The molecule has 2 aliphatic rings. The summed E-state index contributed by atoms with van der Waals surface area (Å²) in [7, 11) is -6.39. The summed E-state index contributed by atoms with van der Waals surface area (Å²) in [5, 5.41) is 32.7. The number of sulfonamides is 2. The molecule has 0 radical (unpaired) electrons. The molecule has 6 aromatic heterocycles. The van der Waals surface area contributed by atoms with Gasteiger partial charge in [-0.1, -0.05) is 0 Å². The van der Waals surface area contributed by atoms with E-state index in [9.17, 15) is 46.7 Å². The van der Waals surface area contributed by atoms with E-state index < -0.39 is 29.9 Å². The van der Waals surface area contributed by atoms with Crippen molar-refractivity contribution in [3.63, 3.8) is 0 Å². The van der Waals surface area contributed by atoms with Crippen LogP contribution in [-0.2, 0) is 20.0 Å². The number of ketones is 2. The summed E-state index contributed by atoms with van der Waals surface area (Å²) in [6, 6.07) is 9.76. The highest BCUT2D eigenvalue weighted by Gasteiger charge is 2.31. The third-order valence-corrected chi connectivity index (χ3v) is 13.9. The molecule has 27 heteroatoms. The van der Waals surface area contributed by atoms with Gasteiger partial charge in [-0.2, -0.15) is 10.2 Å². The van der Waals surface area contributed by atoms with E-state index in [1.165, 1.54) is 68.9 Å². The third kappa shape index (κ3) is 12.3. The smallest absolute Gasteiger partial charge is 0.319 e. The van der Waals surface area contributed by atoms with Crippen LogP contribution in [0.4, 0.5) is 23.0 Å². The van der Waals surface area contributed by atoms with E-state index in [0.29, 0.717) is 90.1 Å². The van der Waals surface area contributed by atoms with Gasteiger partial charge in [0, 0.05) is 97.4 Å². The van der Waals surface area contributed by atoms with Gasteiger partial charge in [0.05, 0.1) is 45.9 Å². The largest absolute Gasteiger partial charge is 0.378 e. The fourth-order valence-corrected chi connectivity index (χ4v) is 9.32. The minimum Gasteiger partial charge on any atom is -0.378 e. The lowest BCUT2D eigenvalue weighted by Gasteiger charge is -2.29. The quantitative estimate of drug-likeness (QED) is 0.0703. The van der Waals surface area contributed by atoms with Gasteiger partial charge in [-0.15, -0.1) is 0 Å². The van der Waals surface area contributed by atoms with Crippen LogP contribution in [0.15, 0.2) is 90.6 Å². The summed E-state index contributed by atoms with van der Waals surface area (Å²) in [6.07, 6.45) is 16.3. The molecule has 0 saturated carbocycles. The second-order valence-electron chi connectivity index (χ2n) is 15.2. The average Bonchev–Trinajstić information content (AvgIpc) is 4.03. The van der Waals surface area contributed by atoms with Crippen LogP contribution in [-0.4, -0.2) is 125 Å². The molecule has 0 unspecified atom stereocenters. The van der Waals surface area contributed by atoms with Gasteiger partial charge in [0.2, 0.25) is 31.7 Å². The number of nitrogens with two attached hydrogens (primary N) is 2. The Bertz CT molecular complexity index is 2980. The molecule has 67 heavy (non-hydrogen) atoms. The molecule has 0 spiro atoms. The molecule has 2 saturated heterocycles. The van der Waals surface area contributed by atoms with Crippen molar-refractivity contribution in [2.45, 2.75) is 25.7 Å². The minimum absolute atomic E-state index is 0.0492. The van der Waals surface area contributed by atoms with Crippen molar-refractivity contribution in [3.8, 4) is 28.1 Å². The number of anilines is 2. The highest BCUT2D eigenvalue weighted by Crippen LogP contribution is 2.34. The number of piperidine rings is 2. The number of hydrogen-bond acceptors (Lipinski definition) is 18. The lowest BCUT2D eigenvalue weighted by Crippen LogP contribution is -2.39. The van der Waals surface area contributed by atoms with E-state index in [1.807, 2.05) is 0 Å². The zero-order valence-corrected chi connectivity index (χ0v) is 39.0. The lowest BCUT2D eigenvalue weighted by molar-refractivity contribution is -0.383. The van der Waals surface area contributed by atoms with Gasteiger partial charge >= 0.3 is 11.4 Å². The monoisotopic (exact) mass is 1020 g/mol. The molecule has 2 fully saturated rings. The molecule has 2 aliphatic heterocycles. The van der Waals surface area contributed by atoms with Crippen LogP contribution < -0.4 is 11.5 Å². The number of Topliss-reactive ketones (excluding diaryl/α,β-unsaturated/α-hetero) is 2.